The molecule has 0 radical (unpaired) electrons. The van der Waals surface area contributed by atoms with Crippen molar-refractivity contribution in [3.8, 4) is 9.75 Å². The van der Waals surface area contributed by atoms with Crippen LogP contribution >= 0.6 is 22.7 Å². The van der Waals surface area contributed by atoms with Crippen LogP contribution in [0.5, 0.6) is 0 Å². The molecule has 6 atom stereocenters. The molecule has 0 N–H and O–H groups in total. The molecule has 0 aromatic carbocycles. The fourth-order valence-electron chi connectivity index (χ4n) is 7.80. The summed E-state index contributed by atoms with van der Waals surface area (Å²) >= 11 is -0.859. The van der Waals surface area contributed by atoms with Gasteiger partial charge in [-0.25, -0.2) is 0 Å². The van der Waals surface area contributed by atoms with E-state index in [1.807, 2.05) is 5.79 Å². The number of thiophene rings is 2. The summed E-state index contributed by atoms with van der Waals surface area (Å²) in [5.74, 6) is 0. The van der Waals surface area contributed by atoms with E-state index in [0.717, 1.165) is 23.6 Å². The molecule has 36 heavy (non-hydrogen) atoms. The van der Waals surface area contributed by atoms with E-state index in [0.29, 0.717) is 0 Å². The van der Waals surface area contributed by atoms with E-state index in [4.69, 9.17) is 0 Å². The molecule has 0 saturated carbocycles. The van der Waals surface area contributed by atoms with Crippen LogP contribution < -0.4 is 5.79 Å². The molecule has 2 aromatic heterocycles. The molecular formula is C32H58S2Sn2. The van der Waals surface area contributed by atoms with Gasteiger partial charge in [0.1, 0.15) is 0 Å². The third-order valence-electron chi connectivity index (χ3n) is 10.9. The van der Waals surface area contributed by atoms with Crippen LogP contribution in [0.3, 0.4) is 0 Å². The fourth-order valence-corrected chi connectivity index (χ4v) is 61.4. The first kappa shape index (κ1) is 33.2. The van der Waals surface area contributed by atoms with Gasteiger partial charge in [-0.2, -0.15) is 0 Å². The average Bonchev–Trinajstić information content (AvgIpc) is 3.59. The van der Waals surface area contributed by atoms with Gasteiger partial charge in [0, 0.05) is 0 Å². The molecule has 0 aliphatic carbocycles. The van der Waals surface area contributed by atoms with Crippen molar-refractivity contribution in [1.29, 1.82) is 0 Å². The Balaban J connectivity index is 2.66. The first-order valence-electron chi connectivity index (χ1n) is 15.3. The zero-order valence-electron chi connectivity index (χ0n) is 25.8. The summed E-state index contributed by atoms with van der Waals surface area (Å²) in [7, 11) is 0. The molecule has 0 saturated heterocycles. The predicted molar refractivity (Wildman–Crippen MR) is 177 cm³/mol. The van der Waals surface area contributed by atoms with Gasteiger partial charge >= 0.3 is 244 Å². The first-order valence-corrected chi connectivity index (χ1v) is 29.7. The minimum absolute atomic E-state index is 0.902. The van der Waals surface area contributed by atoms with E-state index in [1.54, 1.807) is 9.75 Å². The summed E-state index contributed by atoms with van der Waals surface area (Å²) in [5, 5.41) is 0. The molecule has 0 amide bonds. The zero-order chi connectivity index (χ0) is 27.3. The molecule has 0 aliphatic heterocycles. The van der Waals surface area contributed by atoms with E-state index in [1.165, 1.54) is 38.5 Å². The Morgan fingerprint density at radius 3 is 0.861 bits per heavy atom. The second kappa shape index (κ2) is 14.6. The van der Waals surface area contributed by atoms with Crippen molar-refractivity contribution < 1.29 is 0 Å². The molecule has 4 heteroatoms. The Bertz CT molecular complexity index is 786. The van der Waals surface area contributed by atoms with Crippen molar-refractivity contribution in [2.75, 3.05) is 0 Å². The van der Waals surface area contributed by atoms with Gasteiger partial charge in [-0.05, 0) is 0 Å². The van der Waals surface area contributed by atoms with E-state index in [2.05, 4.69) is 130 Å². The molecule has 0 aliphatic rings. The van der Waals surface area contributed by atoms with Gasteiger partial charge in [-0.1, -0.05) is 0 Å². The van der Waals surface area contributed by atoms with Gasteiger partial charge in [-0.15, -0.1) is 0 Å². The fraction of sp³-hybridized carbons (Fsp3) is 0.750. The summed E-state index contributed by atoms with van der Waals surface area (Å²) < 4.78 is 9.12. The van der Waals surface area contributed by atoms with Crippen LogP contribution in [-0.4, -0.2) is 36.8 Å². The molecule has 206 valence electrons. The maximum absolute atomic E-state index is 2.65. The van der Waals surface area contributed by atoms with Crippen molar-refractivity contribution in [2.45, 2.75) is 145 Å². The SMILES string of the molecule is CC[CH](C)[Sn]([c]1ccc(-c2cc[c]([Sn]([CH](C)CC)([CH](C)CC)[CH](C)CC)s2)s1)([CH](C)CC)[CH](C)CC. The van der Waals surface area contributed by atoms with Crippen LogP contribution in [0.25, 0.3) is 9.75 Å². The molecule has 2 rings (SSSR count). The molecule has 0 spiro atoms. The van der Waals surface area contributed by atoms with E-state index >= 15 is 0 Å². The van der Waals surface area contributed by atoms with Crippen molar-refractivity contribution in [3.63, 3.8) is 0 Å². The summed E-state index contributed by atoms with van der Waals surface area (Å²) in [6, 6.07) is 10.3. The molecule has 0 nitrogen and oxygen atoms in total. The molecular weight excluding hydrogens is 686 g/mol. The summed E-state index contributed by atoms with van der Waals surface area (Å²) in [5.41, 5.74) is 0. The second-order valence-corrected chi connectivity index (χ2v) is 46.9. The Morgan fingerprint density at radius 1 is 0.444 bits per heavy atom. The van der Waals surface area contributed by atoms with Gasteiger partial charge in [0.25, 0.3) is 0 Å². The van der Waals surface area contributed by atoms with E-state index in [-0.39, 0.29) is 0 Å². The predicted octanol–water partition coefficient (Wildman–Crippen LogP) is 11.6. The second-order valence-electron chi connectivity index (χ2n) is 12.0. The Kier molecular flexibility index (Phi) is 13.4. The zero-order valence-corrected chi connectivity index (χ0v) is 33.2. The quantitative estimate of drug-likeness (QED) is 0.159. The standard InChI is InChI=1S/C8H4S2.6C4H9.2Sn/c1-3-7(9-5-1)8-4-2-6-10-8;6*1-3-4-2;;/h1-4H;6*3H,4H2,1-2H3;;. The maximum atomic E-state index is 2.62. The van der Waals surface area contributed by atoms with E-state index in [9.17, 15) is 0 Å². The Labute approximate surface area is 242 Å². The molecule has 0 fully saturated rings. The molecule has 6 unspecified atom stereocenters. The van der Waals surface area contributed by atoms with Crippen LogP contribution in [0, 0.1) is 0 Å². The summed E-state index contributed by atoms with van der Waals surface area (Å²) in [4.78, 5) is 3.13. The normalized spacial score (nSPS) is 20.7. The topological polar surface area (TPSA) is 0 Å². The van der Waals surface area contributed by atoms with E-state index < -0.39 is 36.8 Å². The average molecular weight is 744 g/mol. The van der Waals surface area contributed by atoms with Crippen LogP contribution in [0.1, 0.15) is 122 Å². The number of rotatable bonds is 15. The van der Waals surface area contributed by atoms with Crippen LogP contribution in [0.4, 0.5) is 0 Å². The third-order valence-corrected chi connectivity index (χ3v) is 60.1. The van der Waals surface area contributed by atoms with Gasteiger partial charge in [0.05, 0.1) is 0 Å². The van der Waals surface area contributed by atoms with Crippen molar-refractivity contribution in [3.05, 3.63) is 24.3 Å². The van der Waals surface area contributed by atoms with Crippen LogP contribution in [-0.2, 0) is 0 Å². The van der Waals surface area contributed by atoms with Gasteiger partial charge in [-0.3, -0.25) is 0 Å². The Hall–Kier alpha value is 0.997. The molecule has 2 aromatic rings. The first-order chi connectivity index (χ1) is 17.1. The summed E-state index contributed by atoms with van der Waals surface area (Å²) in [6.07, 6.45) is 8.06. The van der Waals surface area contributed by atoms with Crippen LogP contribution in [0.2, 0.25) is 23.6 Å². The number of hydrogen-bond acceptors (Lipinski definition) is 2. The van der Waals surface area contributed by atoms with Crippen molar-refractivity contribution in [2.24, 2.45) is 0 Å². The van der Waals surface area contributed by atoms with Gasteiger partial charge in [0.2, 0.25) is 0 Å². The Morgan fingerprint density at radius 2 is 0.667 bits per heavy atom. The molecule has 0 bridgehead atoms. The van der Waals surface area contributed by atoms with Crippen molar-refractivity contribution in [1.82, 2.24) is 0 Å². The minimum atomic E-state index is -2.65. The van der Waals surface area contributed by atoms with Crippen LogP contribution in [0.15, 0.2) is 24.3 Å². The number of hydrogen-bond donors (Lipinski definition) is 0. The van der Waals surface area contributed by atoms with Gasteiger partial charge in [0.15, 0.2) is 0 Å². The van der Waals surface area contributed by atoms with Gasteiger partial charge < -0.3 is 0 Å². The molecule has 2 heterocycles. The third kappa shape index (κ3) is 5.87. The van der Waals surface area contributed by atoms with Crippen molar-refractivity contribution >= 4 is 65.2 Å². The monoisotopic (exact) mass is 746 g/mol. The summed E-state index contributed by atoms with van der Waals surface area (Å²) in [6.45, 7) is 30.4.